The number of allylic oxidation sites excluding steroid dienone is 3. The molecule has 0 rings (SSSR count). The molecular formula is C82H159NO5. The lowest BCUT2D eigenvalue weighted by molar-refractivity contribution is -0.143. The molecule has 0 aromatic rings. The van der Waals surface area contributed by atoms with Gasteiger partial charge in [-0.1, -0.05) is 417 Å². The van der Waals surface area contributed by atoms with Crippen LogP contribution in [0.5, 0.6) is 0 Å². The molecule has 0 fully saturated rings. The van der Waals surface area contributed by atoms with Crippen molar-refractivity contribution in [3.63, 3.8) is 0 Å². The highest BCUT2D eigenvalue weighted by Crippen LogP contribution is 2.20. The normalized spacial score (nSPS) is 12.5. The zero-order chi connectivity index (χ0) is 63.5. The highest BCUT2D eigenvalue weighted by atomic mass is 16.5. The van der Waals surface area contributed by atoms with Gasteiger partial charge in [-0.3, -0.25) is 9.59 Å². The minimum atomic E-state index is -0.841. The fourth-order valence-corrected chi connectivity index (χ4v) is 13.0. The van der Waals surface area contributed by atoms with Crippen LogP contribution >= 0.6 is 0 Å². The molecule has 0 aromatic heterocycles. The first-order valence-electron chi connectivity index (χ1n) is 40.6. The van der Waals surface area contributed by atoms with Crippen LogP contribution in [-0.2, 0) is 14.3 Å². The van der Waals surface area contributed by atoms with Crippen LogP contribution in [0.4, 0.5) is 0 Å². The number of carbonyl (C=O) groups excluding carboxylic acids is 2. The molecule has 0 aliphatic carbocycles. The number of esters is 1. The van der Waals surface area contributed by atoms with Gasteiger partial charge in [0.05, 0.1) is 25.4 Å². The van der Waals surface area contributed by atoms with Crippen molar-refractivity contribution in [1.29, 1.82) is 0 Å². The van der Waals surface area contributed by atoms with Crippen molar-refractivity contribution >= 4 is 11.9 Å². The van der Waals surface area contributed by atoms with Gasteiger partial charge in [0.25, 0.3) is 0 Å². The van der Waals surface area contributed by atoms with E-state index in [0.29, 0.717) is 19.4 Å². The minimum Gasteiger partial charge on any atom is -0.466 e. The molecule has 0 aliphatic rings. The molecule has 0 saturated carbocycles. The fourth-order valence-electron chi connectivity index (χ4n) is 13.0. The van der Waals surface area contributed by atoms with Crippen LogP contribution in [0.2, 0.25) is 0 Å². The van der Waals surface area contributed by atoms with Crippen LogP contribution in [-0.4, -0.2) is 47.4 Å². The number of aliphatic hydroxyl groups is 2. The van der Waals surface area contributed by atoms with E-state index in [1.807, 2.05) is 6.08 Å². The zero-order valence-corrected chi connectivity index (χ0v) is 60.0. The first-order valence-corrected chi connectivity index (χ1v) is 40.6. The number of nitrogens with one attached hydrogen (secondary N) is 1. The van der Waals surface area contributed by atoms with Crippen molar-refractivity contribution in [1.82, 2.24) is 5.32 Å². The minimum absolute atomic E-state index is 0.0161. The second-order valence-corrected chi connectivity index (χ2v) is 28.1. The van der Waals surface area contributed by atoms with Crippen molar-refractivity contribution in [2.75, 3.05) is 13.2 Å². The summed E-state index contributed by atoms with van der Waals surface area (Å²) in [7, 11) is 0. The van der Waals surface area contributed by atoms with E-state index in [2.05, 4.69) is 31.3 Å². The highest BCUT2D eigenvalue weighted by molar-refractivity contribution is 5.76. The van der Waals surface area contributed by atoms with Crippen molar-refractivity contribution in [2.24, 2.45) is 0 Å². The van der Waals surface area contributed by atoms with Gasteiger partial charge in [-0.2, -0.15) is 0 Å². The van der Waals surface area contributed by atoms with Gasteiger partial charge in [0.15, 0.2) is 0 Å². The molecule has 0 bridgehead atoms. The second kappa shape index (κ2) is 77.8. The van der Waals surface area contributed by atoms with Gasteiger partial charge in [0, 0.05) is 12.8 Å². The number of carbonyl (C=O) groups is 2. The molecule has 2 unspecified atom stereocenters. The first kappa shape index (κ1) is 86.3. The summed E-state index contributed by atoms with van der Waals surface area (Å²) in [5.74, 6) is -0.0416. The van der Waals surface area contributed by atoms with Crippen LogP contribution in [0, 0.1) is 0 Å². The molecule has 6 nitrogen and oxygen atoms in total. The number of unbranched alkanes of at least 4 members (excludes halogenated alkanes) is 64. The molecule has 1 amide bonds. The third kappa shape index (κ3) is 73.4. The van der Waals surface area contributed by atoms with E-state index in [1.165, 1.54) is 392 Å². The van der Waals surface area contributed by atoms with Gasteiger partial charge < -0.3 is 20.3 Å². The molecule has 3 N–H and O–H groups in total. The predicted octanol–water partition coefficient (Wildman–Crippen LogP) is 26.8. The number of aliphatic hydroxyl groups excluding tert-OH is 2. The number of rotatable bonds is 77. The molecule has 0 aromatic carbocycles. The third-order valence-electron chi connectivity index (χ3n) is 19.2. The summed E-state index contributed by atoms with van der Waals surface area (Å²) in [6.07, 6.45) is 100. The average molecular weight is 1240 g/mol. The van der Waals surface area contributed by atoms with Crippen LogP contribution in [0.3, 0.4) is 0 Å². The van der Waals surface area contributed by atoms with Gasteiger partial charge in [-0.25, -0.2) is 0 Å². The summed E-state index contributed by atoms with van der Waals surface area (Å²) >= 11 is 0. The lowest BCUT2D eigenvalue weighted by Gasteiger charge is -2.20. The van der Waals surface area contributed by atoms with Gasteiger partial charge in [0.2, 0.25) is 5.91 Å². The smallest absolute Gasteiger partial charge is 0.305 e. The third-order valence-corrected chi connectivity index (χ3v) is 19.2. The average Bonchev–Trinajstić information content (AvgIpc) is 3.60. The molecule has 0 heterocycles. The lowest BCUT2D eigenvalue weighted by Crippen LogP contribution is -2.45. The van der Waals surface area contributed by atoms with Crippen molar-refractivity contribution in [3.8, 4) is 0 Å². The maximum Gasteiger partial charge on any atom is 0.305 e. The molecule has 0 saturated heterocycles. The maximum absolute atomic E-state index is 12.5. The van der Waals surface area contributed by atoms with E-state index >= 15 is 0 Å². The topological polar surface area (TPSA) is 95.9 Å². The van der Waals surface area contributed by atoms with E-state index in [4.69, 9.17) is 4.74 Å². The van der Waals surface area contributed by atoms with Gasteiger partial charge >= 0.3 is 5.97 Å². The SMILES string of the molecule is CCCCCCCC/C=C\CCCCCCCC(=O)OCCCCCCCCCCCCCCCCCCCCCCCCCCCCCCCCCCCCCCCC(=O)NC(CO)C(O)/C=C/CCCCCCCCCCCCCCCCCCC. The Bertz CT molecular complexity index is 1380. The van der Waals surface area contributed by atoms with E-state index in [1.54, 1.807) is 6.08 Å². The molecule has 88 heavy (non-hydrogen) atoms. The maximum atomic E-state index is 12.5. The summed E-state index contributed by atoms with van der Waals surface area (Å²) in [6, 6.07) is -0.624. The van der Waals surface area contributed by atoms with Crippen LogP contribution < -0.4 is 5.32 Å². The number of hydrogen-bond donors (Lipinski definition) is 3. The Kier molecular flexibility index (Phi) is 76.3. The molecular weight excluding hydrogens is 1080 g/mol. The Balaban J connectivity index is 3.32. The Labute approximate surface area is 551 Å². The Morgan fingerprint density at radius 1 is 0.307 bits per heavy atom. The standard InChI is InChI=1S/C82H159NO5/c1-3-5-7-9-11-13-15-17-19-20-40-43-47-50-54-58-62-66-70-74-80(85)79(78-84)83-81(86)75-71-67-63-59-55-51-48-44-41-38-36-34-32-30-28-26-24-22-21-23-25-27-29-31-33-35-37-39-42-45-49-53-57-61-65-69-73-77-88-82(87)76-72-68-64-60-56-52-46-18-16-14-12-10-8-6-4-2/h18,46,70,74,79-80,84-85H,3-17,19-45,47-69,71-73,75-78H2,1-2H3,(H,83,86)/b46-18-,74-70+. The van der Waals surface area contributed by atoms with Gasteiger partial charge in [-0.15, -0.1) is 0 Å². The number of ether oxygens (including phenoxy) is 1. The lowest BCUT2D eigenvalue weighted by atomic mass is 10.0. The van der Waals surface area contributed by atoms with Crippen LogP contribution in [0.1, 0.15) is 463 Å². The van der Waals surface area contributed by atoms with Crippen molar-refractivity contribution in [3.05, 3.63) is 24.3 Å². The van der Waals surface area contributed by atoms with Crippen LogP contribution in [0.15, 0.2) is 24.3 Å². The van der Waals surface area contributed by atoms with E-state index in [-0.39, 0.29) is 18.5 Å². The molecule has 6 heteroatoms. The Morgan fingerprint density at radius 2 is 0.534 bits per heavy atom. The summed E-state index contributed by atoms with van der Waals surface area (Å²) < 4.78 is 5.50. The van der Waals surface area contributed by atoms with E-state index < -0.39 is 12.1 Å². The second-order valence-electron chi connectivity index (χ2n) is 28.1. The summed E-state index contributed by atoms with van der Waals surface area (Å²) in [6.45, 7) is 4.95. The molecule has 2 atom stereocenters. The number of amides is 1. The monoisotopic (exact) mass is 1240 g/mol. The largest absolute Gasteiger partial charge is 0.466 e. The van der Waals surface area contributed by atoms with Crippen LogP contribution in [0.25, 0.3) is 0 Å². The Morgan fingerprint density at radius 3 is 0.807 bits per heavy atom. The highest BCUT2D eigenvalue weighted by Gasteiger charge is 2.18. The molecule has 0 spiro atoms. The fraction of sp³-hybridized carbons (Fsp3) is 0.927. The van der Waals surface area contributed by atoms with Gasteiger partial charge in [-0.05, 0) is 57.8 Å². The van der Waals surface area contributed by atoms with Crippen molar-refractivity contribution < 1.29 is 24.5 Å². The summed E-state index contributed by atoms with van der Waals surface area (Å²) in [5.41, 5.74) is 0. The van der Waals surface area contributed by atoms with E-state index in [0.717, 1.165) is 44.9 Å². The van der Waals surface area contributed by atoms with E-state index in [9.17, 15) is 19.8 Å². The summed E-state index contributed by atoms with van der Waals surface area (Å²) in [4.78, 5) is 24.6. The molecule has 0 aliphatic heterocycles. The predicted molar refractivity (Wildman–Crippen MR) is 389 cm³/mol. The first-order chi connectivity index (χ1) is 43.5. The van der Waals surface area contributed by atoms with Crippen molar-refractivity contribution in [2.45, 2.75) is 475 Å². The number of hydrogen-bond acceptors (Lipinski definition) is 5. The Hall–Kier alpha value is -1.66. The zero-order valence-electron chi connectivity index (χ0n) is 60.0. The molecule has 0 radical (unpaired) electrons. The van der Waals surface area contributed by atoms with Gasteiger partial charge in [0.1, 0.15) is 0 Å². The quantitative estimate of drug-likeness (QED) is 0.0320. The molecule has 522 valence electrons. The summed E-state index contributed by atoms with van der Waals surface area (Å²) in [5, 5.41) is 23.3.